The second-order valence-electron chi connectivity index (χ2n) is 4.88. The summed E-state index contributed by atoms with van der Waals surface area (Å²) in [5.74, 6) is 1.35. The topological polar surface area (TPSA) is 73.3 Å². The molecule has 0 unspecified atom stereocenters. The van der Waals surface area contributed by atoms with Gasteiger partial charge >= 0.3 is 0 Å². The fraction of sp³-hybridized carbons (Fsp3) is 0.118. The van der Waals surface area contributed by atoms with Crippen molar-refractivity contribution in [2.45, 2.75) is 0 Å². The number of hydrogen-bond acceptors (Lipinski definition) is 5. The Morgan fingerprint density at radius 1 is 1.12 bits per heavy atom. The van der Waals surface area contributed by atoms with Crippen LogP contribution in [-0.4, -0.2) is 29.5 Å². The van der Waals surface area contributed by atoms with Crippen LogP contribution in [0.15, 0.2) is 48.7 Å². The van der Waals surface area contributed by atoms with E-state index in [1.165, 1.54) is 6.20 Å². The highest BCUT2D eigenvalue weighted by Crippen LogP contribution is 2.24. The molecule has 0 radical (unpaired) electrons. The minimum Gasteiger partial charge on any atom is -0.484 e. The van der Waals surface area contributed by atoms with Crippen LogP contribution in [0.4, 0.5) is 0 Å². The normalized spacial score (nSPS) is 10.4. The van der Waals surface area contributed by atoms with Crippen molar-refractivity contribution < 1.29 is 14.3 Å². The Morgan fingerprint density at radius 3 is 2.62 bits per heavy atom. The van der Waals surface area contributed by atoms with E-state index in [0.717, 1.165) is 0 Å². The van der Waals surface area contributed by atoms with E-state index in [9.17, 15) is 4.79 Å². The number of carbonyl (C=O) groups excluding carboxylic acids is 1. The van der Waals surface area contributed by atoms with Crippen molar-refractivity contribution in [2.75, 3.05) is 13.7 Å². The number of carbonyl (C=O) groups is 1. The fourth-order valence-corrected chi connectivity index (χ4v) is 2.13. The molecular formula is C17H14ClN3O3. The lowest BCUT2D eigenvalue weighted by Gasteiger charge is -2.08. The van der Waals surface area contributed by atoms with Crippen LogP contribution >= 0.6 is 11.6 Å². The minimum atomic E-state index is -0.193. The van der Waals surface area contributed by atoms with E-state index in [1.54, 1.807) is 49.5 Å². The molecule has 0 aliphatic rings. The minimum absolute atomic E-state index is 0.0323. The number of likely N-dealkylation sites (N-methyl/N-ethyl adjacent to an activating group) is 1. The molecule has 24 heavy (non-hydrogen) atoms. The molecule has 6 nitrogen and oxygen atoms in total. The maximum absolute atomic E-state index is 11.1. The van der Waals surface area contributed by atoms with Gasteiger partial charge in [0.2, 0.25) is 5.88 Å². The van der Waals surface area contributed by atoms with Crippen LogP contribution in [0.3, 0.4) is 0 Å². The Labute approximate surface area is 143 Å². The monoisotopic (exact) mass is 343 g/mol. The number of ether oxygens (including phenoxy) is 2. The molecule has 3 rings (SSSR count). The highest BCUT2D eigenvalue weighted by atomic mass is 35.5. The number of rotatable bonds is 5. The molecule has 0 aliphatic carbocycles. The van der Waals surface area contributed by atoms with E-state index in [2.05, 4.69) is 15.3 Å². The predicted octanol–water partition coefficient (Wildman–Crippen LogP) is 3.20. The zero-order valence-corrected chi connectivity index (χ0v) is 13.6. The molecule has 0 atom stereocenters. The molecule has 122 valence electrons. The first kappa shape index (κ1) is 16.0. The van der Waals surface area contributed by atoms with E-state index in [1.807, 2.05) is 0 Å². The van der Waals surface area contributed by atoms with Gasteiger partial charge in [-0.3, -0.25) is 4.79 Å². The van der Waals surface area contributed by atoms with Crippen LogP contribution in [0.1, 0.15) is 0 Å². The Morgan fingerprint density at radius 2 is 1.88 bits per heavy atom. The summed E-state index contributed by atoms with van der Waals surface area (Å²) in [6.07, 6.45) is 1.54. The summed E-state index contributed by atoms with van der Waals surface area (Å²) in [7, 11) is 1.56. The smallest absolute Gasteiger partial charge is 0.257 e. The zero-order chi connectivity index (χ0) is 16.9. The first-order valence-electron chi connectivity index (χ1n) is 7.17. The van der Waals surface area contributed by atoms with Crippen molar-refractivity contribution in [1.29, 1.82) is 0 Å². The van der Waals surface area contributed by atoms with Crippen LogP contribution < -0.4 is 14.8 Å². The molecule has 0 aliphatic heterocycles. The number of benzene rings is 2. The van der Waals surface area contributed by atoms with Gasteiger partial charge in [-0.2, -0.15) is 0 Å². The van der Waals surface area contributed by atoms with Crippen molar-refractivity contribution >= 4 is 28.5 Å². The summed E-state index contributed by atoms with van der Waals surface area (Å²) in [6.45, 7) is -0.0323. The van der Waals surface area contributed by atoms with E-state index in [-0.39, 0.29) is 12.5 Å². The number of aromatic nitrogens is 2. The van der Waals surface area contributed by atoms with E-state index >= 15 is 0 Å². The molecule has 1 aromatic heterocycles. The number of amides is 1. The van der Waals surface area contributed by atoms with Crippen LogP contribution in [0.2, 0.25) is 5.02 Å². The third-order valence-electron chi connectivity index (χ3n) is 3.18. The fourth-order valence-electron chi connectivity index (χ4n) is 1.96. The van der Waals surface area contributed by atoms with Crippen LogP contribution in [0.5, 0.6) is 17.4 Å². The maximum Gasteiger partial charge on any atom is 0.257 e. The maximum atomic E-state index is 11.1. The van der Waals surface area contributed by atoms with Gasteiger partial charge in [-0.1, -0.05) is 11.6 Å². The van der Waals surface area contributed by atoms with Crippen molar-refractivity contribution in [3.8, 4) is 17.4 Å². The van der Waals surface area contributed by atoms with Crippen molar-refractivity contribution in [1.82, 2.24) is 15.3 Å². The summed E-state index contributed by atoms with van der Waals surface area (Å²) in [6, 6.07) is 12.2. The second-order valence-corrected chi connectivity index (χ2v) is 5.31. The summed E-state index contributed by atoms with van der Waals surface area (Å²) in [4.78, 5) is 19.8. The Kier molecular flexibility index (Phi) is 4.77. The predicted molar refractivity (Wildman–Crippen MR) is 90.6 cm³/mol. The molecule has 1 heterocycles. The average Bonchev–Trinajstić information content (AvgIpc) is 2.61. The van der Waals surface area contributed by atoms with Gasteiger partial charge in [0, 0.05) is 12.1 Å². The lowest BCUT2D eigenvalue weighted by molar-refractivity contribution is -0.122. The molecule has 0 saturated heterocycles. The van der Waals surface area contributed by atoms with Gasteiger partial charge in [0.05, 0.1) is 17.2 Å². The first-order valence-corrected chi connectivity index (χ1v) is 7.55. The van der Waals surface area contributed by atoms with Crippen molar-refractivity contribution in [2.24, 2.45) is 0 Å². The lowest BCUT2D eigenvalue weighted by Crippen LogP contribution is -2.24. The third-order valence-corrected chi connectivity index (χ3v) is 3.41. The number of halogens is 1. The van der Waals surface area contributed by atoms with Gasteiger partial charge in [0.15, 0.2) is 6.61 Å². The first-order chi connectivity index (χ1) is 11.6. The Balaban J connectivity index is 1.69. The van der Waals surface area contributed by atoms with Gasteiger partial charge in [-0.15, -0.1) is 0 Å². The number of nitrogens with zero attached hydrogens (tertiary/aromatic N) is 2. The van der Waals surface area contributed by atoms with Crippen LogP contribution in [0.25, 0.3) is 11.0 Å². The second kappa shape index (κ2) is 7.14. The summed E-state index contributed by atoms with van der Waals surface area (Å²) in [5, 5.41) is 3.09. The zero-order valence-electron chi connectivity index (χ0n) is 12.8. The summed E-state index contributed by atoms with van der Waals surface area (Å²) < 4.78 is 11.0. The van der Waals surface area contributed by atoms with Crippen molar-refractivity contribution in [3.63, 3.8) is 0 Å². The molecule has 3 aromatic rings. The van der Waals surface area contributed by atoms with Gasteiger partial charge in [-0.25, -0.2) is 9.97 Å². The number of nitrogens with one attached hydrogen (secondary N) is 1. The Bertz CT molecular complexity index is 869. The van der Waals surface area contributed by atoms with Crippen LogP contribution in [-0.2, 0) is 4.79 Å². The van der Waals surface area contributed by atoms with Gasteiger partial charge in [0.1, 0.15) is 11.5 Å². The lowest BCUT2D eigenvalue weighted by atomic mass is 10.3. The quantitative estimate of drug-likeness (QED) is 0.770. The number of fused-ring (bicyclic) bond motifs is 1. The van der Waals surface area contributed by atoms with Gasteiger partial charge in [0.25, 0.3) is 5.91 Å². The average molecular weight is 344 g/mol. The highest BCUT2D eigenvalue weighted by molar-refractivity contribution is 6.31. The molecule has 7 heteroatoms. The summed E-state index contributed by atoms with van der Waals surface area (Å²) in [5.41, 5.74) is 1.40. The standard InChI is InChI=1S/C17H14ClN3O3/c1-19-16(22)10-23-12-3-5-13(6-4-12)24-17-9-20-15-8-11(18)2-7-14(15)21-17/h2-9H,10H2,1H3,(H,19,22). The Hall–Kier alpha value is -2.86. The van der Waals surface area contributed by atoms with Gasteiger partial charge < -0.3 is 14.8 Å². The molecule has 2 aromatic carbocycles. The summed E-state index contributed by atoms with van der Waals surface area (Å²) >= 11 is 5.92. The van der Waals surface area contributed by atoms with E-state index in [4.69, 9.17) is 21.1 Å². The van der Waals surface area contributed by atoms with Gasteiger partial charge in [-0.05, 0) is 42.5 Å². The van der Waals surface area contributed by atoms with Crippen LogP contribution in [0, 0.1) is 0 Å². The molecule has 0 bridgehead atoms. The SMILES string of the molecule is CNC(=O)COc1ccc(Oc2cnc3cc(Cl)ccc3n2)cc1. The molecule has 1 N–H and O–H groups in total. The molecule has 0 spiro atoms. The molecule has 1 amide bonds. The largest absolute Gasteiger partial charge is 0.484 e. The van der Waals surface area contributed by atoms with E-state index in [0.29, 0.717) is 33.4 Å². The van der Waals surface area contributed by atoms with Crippen molar-refractivity contribution in [3.05, 3.63) is 53.7 Å². The number of hydrogen-bond donors (Lipinski definition) is 1. The molecule has 0 fully saturated rings. The van der Waals surface area contributed by atoms with E-state index < -0.39 is 0 Å². The third kappa shape index (κ3) is 3.91. The highest BCUT2D eigenvalue weighted by Gasteiger charge is 2.04. The molecular weight excluding hydrogens is 330 g/mol. The molecule has 0 saturated carbocycles.